The molecule has 0 unspecified atom stereocenters. The summed E-state index contributed by atoms with van der Waals surface area (Å²) in [5, 5.41) is 6.47. The van der Waals surface area contributed by atoms with Crippen LogP contribution in [-0.4, -0.2) is 57.2 Å². The first-order chi connectivity index (χ1) is 9.93. The van der Waals surface area contributed by atoms with Crippen molar-refractivity contribution in [2.75, 3.05) is 26.7 Å². The fourth-order valence-electron chi connectivity index (χ4n) is 2.34. The number of halogens is 2. The van der Waals surface area contributed by atoms with Gasteiger partial charge in [-0.15, -0.1) is 0 Å². The number of nitrogens with one attached hydrogen (secondary N) is 2. The predicted molar refractivity (Wildman–Crippen MR) is 76.7 cm³/mol. The van der Waals surface area contributed by atoms with E-state index < -0.39 is 15.8 Å². The predicted octanol–water partition coefficient (Wildman–Crippen LogP) is 0.578. The van der Waals surface area contributed by atoms with Crippen LogP contribution in [0.15, 0.2) is 4.99 Å². The van der Waals surface area contributed by atoms with Gasteiger partial charge in [-0.25, -0.2) is 8.42 Å². The highest BCUT2D eigenvalue weighted by Crippen LogP contribution is 2.22. The van der Waals surface area contributed by atoms with Gasteiger partial charge < -0.3 is 10.6 Å². The molecule has 2 rings (SSSR count). The van der Waals surface area contributed by atoms with E-state index in [0.29, 0.717) is 25.4 Å². The number of hydrogen-bond acceptors (Lipinski definition) is 3. The van der Waals surface area contributed by atoms with Crippen LogP contribution in [0.5, 0.6) is 0 Å². The smallest absolute Gasteiger partial charge is 0.350 e. The maximum absolute atomic E-state index is 12.5. The fraction of sp³-hybridized carbons (Fsp3) is 0.917. The Morgan fingerprint density at radius 1 is 1.29 bits per heavy atom. The van der Waals surface area contributed by atoms with E-state index in [9.17, 15) is 17.2 Å². The zero-order valence-corrected chi connectivity index (χ0v) is 12.9. The second kappa shape index (κ2) is 6.87. The molecule has 1 aliphatic carbocycles. The molecule has 2 N–H and O–H groups in total. The number of rotatable bonds is 5. The first-order valence-electron chi connectivity index (χ1n) is 7.17. The Hall–Kier alpha value is -0.960. The molecule has 1 heterocycles. The lowest BCUT2D eigenvalue weighted by Crippen LogP contribution is -2.45. The fourth-order valence-corrected chi connectivity index (χ4v) is 3.28. The Balaban J connectivity index is 1.74. The van der Waals surface area contributed by atoms with E-state index in [4.69, 9.17) is 0 Å². The lowest BCUT2D eigenvalue weighted by Gasteiger charge is -2.31. The van der Waals surface area contributed by atoms with Crippen LogP contribution in [-0.2, 0) is 10.0 Å². The van der Waals surface area contributed by atoms with Gasteiger partial charge in [0.15, 0.2) is 5.96 Å². The minimum atomic E-state index is -4.42. The van der Waals surface area contributed by atoms with Crippen LogP contribution >= 0.6 is 0 Å². The largest absolute Gasteiger partial charge is 0.356 e. The van der Waals surface area contributed by atoms with E-state index in [1.807, 2.05) is 0 Å². The van der Waals surface area contributed by atoms with Crippen LogP contribution in [0, 0.1) is 5.92 Å². The van der Waals surface area contributed by atoms with Gasteiger partial charge in [0, 0.05) is 32.7 Å². The molecule has 0 atom stereocenters. The Kier molecular flexibility index (Phi) is 5.37. The van der Waals surface area contributed by atoms with Crippen LogP contribution < -0.4 is 10.6 Å². The molecule has 0 amide bonds. The number of alkyl halides is 2. The van der Waals surface area contributed by atoms with Crippen molar-refractivity contribution in [3.63, 3.8) is 0 Å². The molecule has 1 saturated heterocycles. The molecule has 2 fully saturated rings. The Labute approximate surface area is 124 Å². The summed E-state index contributed by atoms with van der Waals surface area (Å²) >= 11 is 0. The van der Waals surface area contributed by atoms with Crippen LogP contribution in [0.1, 0.15) is 25.7 Å². The number of hydrogen-bond donors (Lipinski definition) is 2. The average molecular weight is 324 g/mol. The van der Waals surface area contributed by atoms with Gasteiger partial charge in [0.25, 0.3) is 10.0 Å². The maximum Gasteiger partial charge on any atom is 0.350 e. The summed E-state index contributed by atoms with van der Waals surface area (Å²) in [6, 6.07) is 0.509. The number of nitrogens with zero attached hydrogens (tertiary/aromatic N) is 2. The second-order valence-corrected chi connectivity index (χ2v) is 7.42. The molecular weight excluding hydrogens is 302 g/mol. The van der Waals surface area contributed by atoms with Crippen molar-refractivity contribution in [1.29, 1.82) is 0 Å². The first-order valence-corrected chi connectivity index (χ1v) is 8.68. The molecule has 0 bridgehead atoms. The van der Waals surface area contributed by atoms with Crippen molar-refractivity contribution in [2.45, 2.75) is 37.5 Å². The third-order valence-electron chi connectivity index (χ3n) is 3.86. The number of guanidine groups is 1. The Morgan fingerprint density at radius 2 is 1.90 bits per heavy atom. The van der Waals surface area contributed by atoms with Crippen molar-refractivity contribution in [3.05, 3.63) is 0 Å². The highest BCUT2D eigenvalue weighted by atomic mass is 32.2. The van der Waals surface area contributed by atoms with E-state index in [1.165, 1.54) is 0 Å². The summed E-state index contributed by atoms with van der Waals surface area (Å²) in [6.45, 7) is 0.996. The van der Waals surface area contributed by atoms with Crippen molar-refractivity contribution < 1.29 is 17.2 Å². The summed E-state index contributed by atoms with van der Waals surface area (Å²) < 4.78 is 48.5. The van der Waals surface area contributed by atoms with Gasteiger partial charge >= 0.3 is 5.76 Å². The van der Waals surface area contributed by atoms with Crippen molar-refractivity contribution >= 4 is 16.0 Å². The number of aliphatic imine (C=N–C) groups is 1. The molecule has 2 aliphatic rings. The molecule has 21 heavy (non-hydrogen) atoms. The topological polar surface area (TPSA) is 73.8 Å². The lowest BCUT2D eigenvalue weighted by molar-refractivity contribution is 0.204. The minimum Gasteiger partial charge on any atom is -0.356 e. The van der Waals surface area contributed by atoms with Gasteiger partial charge in [-0.3, -0.25) is 4.99 Å². The van der Waals surface area contributed by atoms with Crippen molar-refractivity contribution in [1.82, 2.24) is 14.9 Å². The molecule has 0 aromatic heterocycles. The summed E-state index contributed by atoms with van der Waals surface area (Å²) in [4.78, 5) is 4.12. The van der Waals surface area contributed by atoms with E-state index in [1.54, 1.807) is 7.05 Å². The number of piperidine rings is 1. The number of sulfonamides is 1. The molecule has 0 spiro atoms. The molecule has 1 saturated carbocycles. The van der Waals surface area contributed by atoms with Crippen LogP contribution in [0.3, 0.4) is 0 Å². The van der Waals surface area contributed by atoms with Crippen LogP contribution in [0.2, 0.25) is 0 Å². The molecule has 0 aromatic carbocycles. The molecule has 0 radical (unpaired) electrons. The maximum atomic E-state index is 12.5. The Bertz CT molecular complexity index is 472. The molecule has 6 nitrogen and oxygen atoms in total. The SMILES string of the molecule is CN=C(NCC1CCN(S(=O)(=O)C(F)F)CC1)NC1CC1. The summed E-state index contributed by atoms with van der Waals surface area (Å²) in [5.41, 5.74) is 0. The average Bonchev–Trinajstić information content (AvgIpc) is 3.27. The highest BCUT2D eigenvalue weighted by Gasteiger charge is 2.34. The summed E-state index contributed by atoms with van der Waals surface area (Å²) in [7, 11) is -2.72. The molecule has 9 heteroatoms. The first kappa shape index (κ1) is 16.4. The normalized spacial score (nSPS) is 22.6. The third kappa shape index (κ3) is 4.50. The monoisotopic (exact) mass is 324 g/mol. The summed E-state index contributed by atoms with van der Waals surface area (Å²) in [5.74, 6) is -2.30. The van der Waals surface area contributed by atoms with Gasteiger partial charge in [-0.05, 0) is 31.6 Å². The second-order valence-electron chi connectivity index (χ2n) is 5.52. The lowest BCUT2D eigenvalue weighted by atomic mass is 9.98. The van der Waals surface area contributed by atoms with Gasteiger partial charge in [0.2, 0.25) is 0 Å². The van der Waals surface area contributed by atoms with Crippen molar-refractivity contribution in [2.24, 2.45) is 10.9 Å². The Morgan fingerprint density at radius 3 is 2.38 bits per heavy atom. The molecule has 0 aromatic rings. The minimum absolute atomic E-state index is 0.160. The van der Waals surface area contributed by atoms with E-state index >= 15 is 0 Å². The van der Waals surface area contributed by atoms with Crippen LogP contribution in [0.25, 0.3) is 0 Å². The van der Waals surface area contributed by atoms with Gasteiger partial charge in [0.1, 0.15) is 0 Å². The van der Waals surface area contributed by atoms with E-state index in [-0.39, 0.29) is 19.0 Å². The van der Waals surface area contributed by atoms with Gasteiger partial charge in [-0.1, -0.05) is 0 Å². The van der Waals surface area contributed by atoms with Gasteiger partial charge in [-0.2, -0.15) is 13.1 Å². The van der Waals surface area contributed by atoms with E-state index in [0.717, 1.165) is 23.1 Å². The molecular formula is C12H22F2N4O2S. The van der Waals surface area contributed by atoms with Gasteiger partial charge in [0.05, 0.1) is 0 Å². The highest BCUT2D eigenvalue weighted by molar-refractivity contribution is 7.89. The molecule has 1 aliphatic heterocycles. The zero-order valence-electron chi connectivity index (χ0n) is 12.1. The third-order valence-corrected chi connectivity index (χ3v) is 5.39. The quantitative estimate of drug-likeness (QED) is 0.573. The summed E-state index contributed by atoms with van der Waals surface area (Å²) in [6.07, 6.45) is 3.48. The molecule has 122 valence electrons. The standard InChI is InChI=1S/C12H22F2N4O2S/c1-15-12(17-10-2-3-10)16-8-9-4-6-18(7-5-9)21(19,20)11(13)14/h9-11H,2-8H2,1H3,(H2,15,16,17). The van der Waals surface area contributed by atoms with E-state index in [2.05, 4.69) is 15.6 Å². The van der Waals surface area contributed by atoms with Crippen LogP contribution in [0.4, 0.5) is 8.78 Å². The van der Waals surface area contributed by atoms with Crippen molar-refractivity contribution in [3.8, 4) is 0 Å². The zero-order chi connectivity index (χ0) is 15.5.